The van der Waals surface area contributed by atoms with Gasteiger partial charge in [0.05, 0.1) is 0 Å². The first-order chi connectivity index (χ1) is 5.83. The minimum absolute atomic E-state index is 0.369. The number of hydrogen-bond donors (Lipinski definition) is 1. The topological polar surface area (TPSA) is 55.1 Å². The van der Waals surface area contributed by atoms with Crippen LogP contribution in [0.2, 0.25) is 5.15 Å². The summed E-state index contributed by atoms with van der Waals surface area (Å²) < 4.78 is 4.85. The molecule has 0 saturated heterocycles. The van der Waals surface area contributed by atoms with E-state index in [0.29, 0.717) is 18.1 Å². The number of halogens is 1. The first-order valence-electron chi connectivity index (χ1n) is 3.61. The fourth-order valence-corrected chi connectivity index (χ4v) is 0.985. The van der Waals surface area contributed by atoms with Crippen molar-refractivity contribution in [1.82, 2.24) is 10.5 Å². The molecule has 0 aliphatic rings. The molecule has 0 aliphatic heterocycles. The number of nitrogens with zero attached hydrogens (tertiary/aromatic N) is 1. The average molecular weight is 189 g/mol. The number of aryl methyl sites for hydroxylation is 1. The van der Waals surface area contributed by atoms with E-state index in [9.17, 15) is 4.79 Å². The van der Waals surface area contributed by atoms with Gasteiger partial charge in [-0.25, -0.2) is 0 Å². The van der Waals surface area contributed by atoms with Gasteiger partial charge in [-0.3, -0.25) is 4.79 Å². The molecule has 1 aromatic rings. The molecule has 0 unspecified atom stereocenters. The zero-order chi connectivity index (χ0) is 8.81. The van der Waals surface area contributed by atoms with Crippen molar-refractivity contribution in [3.63, 3.8) is 0 Å². The van der Waals surface area contributed by atoms with E-state index in [-0.39, 0.29) is 0 Å². The van der Waals surface area contributed by atoms with E-state index in [0.717, 1.165) is 18.6 Å². The van der Waals surface area contributed by atoms with Crippen LogP contribution < -0.4 is 5.32 Å². The Morgan fingerprint density at radius 2 is 2.58 bits per heavy atom. The minimum Gasteiger partial charge on any atom is -0.360 e. The van der Waals surface area contributed by atoms with Crippen LogP contribution in [0, 0.1) is 0 Å². The third-order valence-electron chi connectivity index (χ3n) is 1.36. The van der Waals surface area contributed by atoms with Crippen molar-refractivity contribution in [2.24, 2.45) is 0 Å². The Balaban J connectivity index is 2.19. The second-order valence-corrected chi connectivity index (χ2v) is 2.68. The highest BCUT2D eigenvalue weighted by atomic mass is 35.5. The number of nitrogens with one attached hydrogen (secondary N) is 1. The zero-order valence-electron chi connectivity index (χ0n) is 6.42. The Morgan fingerprint density at radius 3 is 3.17 bits per heavy atom. The second kappa shape index (κ2) is 4.77. The second-order valence-electron chi connectivity index (χ2n) is 2.29. The monoisotopic (exact) mass is 188 g/mol. The molecular formula is C7H9ClN2O2. The van der Waals surface area contributed by atoms with Crippen molar-refractivity contribution in [3.05, 3.63) is 17.0 Å². The normalized spacial score (nSPS) is 9.75. The van der Waals surface area contributed by atoms with Crippen LogP contribution in [0.1, 0.15) is 12.2 Å². The standard InChI is InChI=1S/C7H9ClN2O2/c8-7-4-6(12-10-7)2-1-3-9-5-11/h4-5H,1-3H2,(H,9,11). The van der Waals surface area contributed by atoms with E-state index in [1.807, 2.05) is 0 Å². The van der Waals surface area contributed by atoms with Crippen LogP contribution >= 0.6 is 11.6 Å². The van der Waals surface area contributed by atoms with Crippen LogP contribution in [0.4, 0.5) is 0 Å². The maximum atomic E-state index is 9.85. The van der Waals surface area contributed by atoms with Gasteiger partial charge in [0.15, 0.2) is 5.15 Å². The molecule has 1 heterocycles. The SMILES string of the molecule is O=CNCCCc1cc(Cl)no1. The summed E-state index contributed by atoms with van der Waals surface area (Å²) in [6.07, 6.45) is 2.23. The van der Waals surface area contributed by atoms with Crippen LogP contribution in [0.25, 0.3) is 0 Å². The van der Waals surface area contributed by atoms with Gasteiger partial charge in [0.1, 0.15) is 5.76 Å². The molecule has 5 heteroatoms. The molecule has 0 atom stereocenters. The van der Waals surface area contributed by atoms with Crippen molar-refractivity contribution >= 4 is 18.0 Å². The van der Waals surface area contributed by atoms with Crippen molar-refractivity contribution in [3.8, 4) is 0 Å². The van der Waals surface area contributed by atoms with Crippen LogP contribution in [0.5, 0.6) is 0 Å². The lowest BCUT2D eigenvalue weighted by Gasteiger charge is -1.94. The Kier molecular flexibility index (Phi) is 3.60. The van der Waals surface area contributed by atoms with E-state index >= 15 is 0 Å². The quantitative estimate of drug-likeness (QED) is 0.554. The molecule has 1 aromatic heterocycles. The molecule has 0 fully saturated rings. The molecule has 0 bridgehead atoms. The van der Waals surface area contributed by atoms with E-state index in [1.54, 1.807) is 6.07 Å². The van der Waals surface area contributed by atoms with Gasteiger partial charge in [-0.05, 0) is 6.42 Å². The highest BCUT2D eigenvalue weighted by Gasteiger charge is 2.00. The Labute approximate surface area is 74.9 Å². The summed E-state index contributed by atoms with van der Waals surface area (Å²) in [6, 6.07) is 1.67. The molecule has 66 valence electrons. The Morgan fingerprint density at radius 1 is 1.75 bits per heavy atom. The first-order valence-corrected chi connectivity index (χ1v) is 3.99. The molecule has 4 nitrogen and oxygen atoms in total. The third kappa shape index (κ3) is 2.92. The molecule has 0 aliphatic carbocycles. The van der Waals surface area contributed by atoms with E-state index in [2.05, 4.69) is 10.5 Å². The smallest absolute Gasteiger partial charge is 0.207 e. The average Bonchev–Trinajstić information content (AvgIpc) is 2.45. The van der Waals surface area contributed by atoms with Gasteiger partial charge in [-0.1, -0.05) is 16.8 Å². The predicted molar refractivity (Wildman–Crippen MR) is 43.9 cm³/mol. The maximum absolute atomic E-state index is 9.85. The summed E-state index contributed by atoms with van der Waals surface area (Å²) in [5.74, 6) is 0.743. The number of aromatic nitrogens is 1. The van der Waals surface area contributed by atoms with Gasteiger partial charge in [0.25, 0.3) is 0 Å². The van der Waals surface area contributed by atoms with Crippen molar-refractivity contribution in [2.45, 2.75) is 12.8 Å². The van der Waals surface area contributed by atoms with Gasteiger partial charge < -0.3 is 9.84 Å². The number of amides is 1. The lowest BCUT2D eigenvalue weighted by Crippen LogP contribution is -2.12. The molecule has 0 radical (unpaired) electrons. The number of hydrogen-bond acceptors (Lipinski definition) is 3. The lowest BCUT2D eigenvalue weighted by atomic mass is 10.2. The maximum Gasteiger partial charge on any atom is 0.207 e. The molecule has 1 amide bonds. The highest BCUT2D eigenvalue weighted by molar-refractivity contribution is 6.29. The van der Waals surface area contributed by atoms with Crippen molar-refractivity contribution in [2.75, 3.05) is 6.54 Å². The molecule has 0 spiro atoms. The molecule has 12 heavy (non-hydrogen) atoms. The number of carbonyl (C=O) groups is 1. The summed E-state index contributed by atoms with van der Waals surface area (Å²) in [5.41, 5.74) is 0. The molecule has 1 rings (SSSR count). The van der Waals surface area contributed by atoms with Gasteiger partial charge in [0.2, 0.25) is 6.41 Å². The molecular weight excluding hydrogens is 180 g/mol. The van der Waals surface area contributed by atoms with Crippen molar-refractivity contribution < 1.29 is 9.32 Å². The highest BCUT2D eigenvalue weighted by Crippen LogP contribution is 2.09. The summed E-state index contributed by atoms with van der Waals surface area (Å²) in [5, 5.41) is 6.43. The zero-order valence-corrected chi connectivity index (χ0v) is 7.17. The number of carbonyl (C=O) groups excluding carboxylic acids is 1. The minimum atomic E-state index is 0.369. The first kappa shape index (κ1) is 9.06. The molecule has 0 saturated carbocycles. The molecule has 0 aromatic carbocycles. The third-order valence-corrected chi connectivity index (χ3v) is 1.54. The Bertz CT molecular complexity index is 249. The lowest BCUT2D eigenvalue weighted by molar-refractivity contribution is -0.109. The van der Waals surface area contributed by atoms with E-state index < -0.39 is 0 Å². The fourth-order valence-electron chi connectivity index (χ4n) is 0.829. The summed E-state index contributed by atoms with van der Waals surface area (Å²) in [6.45, 7) is 0.641. The Hall–Kier alpha value is -1.03. The summed E-state index contributed by atoms with van der Waals surface area (Å²) >= 11 is 5.52. The number of rotatable bonds is 5. The van der Waals surface area contributed by atoms with Crippen LogP contribution in [-0.2, 0) is 11.2 Å². The van der Waals surface area contributed by atoms with E-state index in [4.69, 9.17) is 16.1 Å². The van der Waals surface area contributed by atoms with Crippen molar-refractivity contribution in [1.29, 1.82) is 0 Å². The van der Waals surface area contributed by atoms with Crippen LogP contribution in [0.15, 0.2) is 10.6 Å². The van der Waals surface area contributed by atoms with Gasteiger partial charge in [-0.2, -0.15) is 0 Å². The predicted octanol–water partition coefficient (Wildman–Crippen LogP) is 1.01. The van der Waals surface area contributed by atoms with Gasteiger partial charge in [-0.15, -0.1) is 0 Å². The fraction of sp³-hybridized carbons (Fsp3) is 0.429. The van der Waals surface area contributed by atoms with Crippen LogP contribution in [-0.4, -0.2) is 18.1 Å². The molecule has 1 N–H and O–H groups in total. The largest absolute Gasteiger partial charge is 0.360 e. The van der Waals surface area contributed by atoms with Gasteiger partial charge in [0, 0.05) is 19.0 Å². The summed E-state index contributed by atoms with van der Waals surface area (Å²) in [7, 11) is 0. The van der Waals surface area contributed by atoms with E-state index in [1.165, 1.54) is 0 Å². The summed E-state index contributed by atoms with van der Waals surface area (Å²) in [4.78, 5) is 9.85. The van der Waals surface area contributed by atoms with Gasteiger partial charge >= 0.3 is 0 Å². The van der Waals surface area contributed by atoms with Crippen LogP contribution in [0.3, 0.4) is 0 Å².